The van der Waals surface area contributed by atoms with Gasteiger partial charge in [-0.15, -0.1) is 11.3 Å². The minimum absolute atomic E-state index is 0.0731. The summed E-state index contributed by atoms with van der Waals surface area (Å²) in [7, 11) is 0. The van der Waals surface area contributed by atoms with Crippen LogP contribution in [0, 0.1) is 0 Å². The molecular weight excluding hydrogens is 348 g/mol. The average Bonchev–Trinajstić information content (AvgIpc) is 3.27. The number of aromatic nitrogens is 2. The van der Waals surface area contributed by atoms with E-state index in [9.17, 15) is 9.59 Å². The topological polar surface area (TPSA) is 81.2 Å². The molecule has 1 atom stereocenters. The molecule has 0 aliphatic carbocycles. The third-order valence-electron chi connectivity index (χ3n) is 4.78. The highest BCUT2D eigenvalue weighted by molar-refractivity contribution is 7.20. The monoisotopic (exact) mass is 368 g/mol. The minimum atomic E-state index is -0.390. The van der Waals surface area contributed by atoms with Crippen molar-refractivity contribution in [2.75, 3.05) is 13.1 Å². The normalized spacial score (nSPS) is 17.5. The summed E-state index contributed by atoms with van der Waals surface area (Å²) in [6, 6.07) is 10.0. The van der Waals surface area contributed by atoms with Gasteiger partial charge in [0.1, 0.15) is 12.4 Å². The predicted molar refractivity (Wildman–Crippen MR) is 101 cm³/mol. The molecule has 26 heavy (non-hydrogen) atoms. The lowest BCUT2D eigenvalue weighted by atomic mass is 9.97. The molecule has 1 saturated heterocycles. The van der Waals surface area contributed by atoms with Crippen molar-refractivity contribution in [3.05, 3.63) is 53.4 Å². The summed E-state index contributed by atoms with van der Waals surface area (Å²) in [6.07, 6.45) is 5.33. The number of primary amides is 1. The van der Waals surface area contributed by atoms with E-state index in [1.807, 2.05) is 35.2 Å². The lowest BCUT2D eigenvalue weighted by Crippen LogP contribution is -2.39. The fourth-order valence-electron chi connectivity index (χ4n) is 3.60. The van der Waals surface area contributed by atoms with Crippen LogP contribution in [0.4, 0.5) is 0 Å². The van der Waals surface area contributed by atoms with Gasteiger partial charge < -0.3 is 15.2 Å². The third-order valence-corrected chi connectivity index (χ3v) is 5.89. The van der Waals surface area contributed by atoms with Gasteiger partial charge in [0.05, 0.1) is 4.88 Å². The second-order valence-corrected chi connectivity index (χ2v) is 7.70. The first-order chi connectivity index (χ1) is 12.6. The van der Waals surface area contributed by atoms with Crippen LogP contribution < -0.4 is 5.73 Å². The maximum Gasteiger partial charge on any atom is 0.263 e. The number of hydrogen-bond acceptors (Lipinski definition) is 4. The number of benzene rings is 1. The minimum Gasteiger partial charge on any atom is -0.368 e. The van der Waals surface area contributed by atoms with Crippen molar-refractivity contribution >= 4 is 33.2 Å². The van der Waals surface area contributed by atoms with Crippen molar-refractivity contribution in [2.45, 2.75) is 25.3 Å². The van der Waals surface area contributed by atoms with Crippen LogP contribution in [0.25, 0.3) is 10.1 Å². The van der Waals surface area contributed by atoms with Crippen LogP contribution in [0.1, 0.15) is 34.3 Å². The zero-order valence-electron chi connectivity index (χ0n) is 14.3. The molecule has 2 amide bonds. The highest BCUT2D eigenvalue weighted by Crippen LogP contribution is 2.30. The number of nitrogens with two attached hydrogens (primary N) is 1. The van der Waals surface area contributed by atoms with Gasteiger partial charge in [0.25, 0.3) is 5.91 Å². The van der Waals surface area contributed by atoms with Gasteiger partial charge in [0.15, 0.2) is 0 Å². The highest BCUT2D eigenvalue weighted by atomic mass is 32.1. The van der Waals surface area contributed by atoms with Gasteiger partial charge in [-0.05, 0) is 30.4 Å². The van der Waals surface area contributed by atoms with Crippen LogP contribution in [-0.4, -0.2) is 39.4 Å². The number of imidazole rings is 1. The first kappa shape index (κ1) is 16.8. The maximum absolute atomic E-state index is 13.0. The van der Waals surface area contributed by atoms with Crippen LogP contribution in [-0.2, 0) is 11.3 Å². The van der Waals surface area contributed by atoms with Gasteiger partial charge >= 0.3 is 0 Å². The Balaban J connectivity index is 1.54. The summed E-state index contributed by atoms with van der Waals surface area (Å²) >= 11 is 1.54. The van der Waals surface area contributed by atoms with Crippen LogP contribution >= 0.6 is 11.3 Å². The molecule has 6 nitrogen and oxygen atoms in total. The molecule has 1 aliphatic heterocycles. The van der Waals surface area contributed by atoms with E-state index < -0.39 is 5.91 Å². The number of thiophene rings is 1. The molecule has 1 aliphatic rings. The van der Waals surface area contributed by atoms with Crippen molar-refractivity contribution in [3.8, 4) is 0 Å². The maximum atomic E-state index is 13.0. The number of piperidine rings is 1. The molecule has 7 heteroatoms. The number of hydrogen-bond donors (Lipinski definition) is 1. The second kappa shape index (κ2) is 6.92. The van der Waals surface area contributed by atoms with Crippen LogP contribution in [0.2, 0.25) is 0 Å². The lowest BCUT2D eigenvalue weighted by molar-refractivity contribution is -0.118. The molecule has 1 fully saturated rings. The summed E-state index contributed by atoms with van der Waals surface area (Å²) in [5.41, 5.74) is 5.32. The predicted octanol–water partition coefficient (Wildman–Crippen LogP) is 2.60. The highest BCUT2D eigenvalue weighted by Gasteiger charge is 2.28. The number of fused-ring (bicyclic) bond motifs is 1. The van der Waals surface area contributed by atoms with Gasteiger partial charge in [-0.3, -0.25) is 9.59 Å². The number of carbonyl (C=O) groups is 2. The SMILES string of the molecule is NC(=O)Cn1ccnc1[C@@H]1CCCN(C(=O)c2cc3ccccc3s2)C1. The zero-order valence-corrected chi connectivity index (χ0v) is 15.1. The Bertz CT molecular complexity index is 928. The molecule has 3 heterocycles. The first-order valence-electron chi connectivity index (χ1n) is 8.69. The molecule has 2 aromatic heterocycles. The summed E-state index contributed by atoms with van der Waals surface area (Å²) in [4.78, 5) is 31.3. The zero-order chi connectivity index (χ0) is 18.1. The number of likely N-dealkylation sites (tertiary alicyclic amines) is 1. The second-order valence-electron chi connectivity index (χ2n) is 6.62. The molecule has 0 saturated carbocycles. The Morgan fingerprint density at radius 1 is 1.31 bits per heavy atom. The van der Waals surface area contributed by atoms with E-state index in [2.05, 4.69) is 4.98 Å². The molecule has 0 unspecified atom stereocenters. The summed E-state index contributed by atoms with van der Waals surface area (Å²) in [5.74, 6) is 0.635. The Morgan fingerprint density at radius 3 is 2.96 bits per heavy atom. The van der Waals surface area contributed by atoms with Crippen molar-refractivity contribution in [1.82, 2.24) is 14.5 Å². The Kier molecular flexibility index (Phi) is 4.46. The Hall–Kier alpha value is -2.67. The van der Waals surface area contributed by atoms with E-state index in [0.29, 0.717) is 6.54 Å². The average molecular weight is 368 g/mol. The summed E-state index contributed by atoms with van der Waals surface area (Å²) < 4.78 is 2.92. The molecule has 3 aromatic rings. The molecule has 4 rings (SSSR count). The fraction of sp³-hybridized carbons (Fsp3) is 0.316. The van der Waals surface area contributed by atoms with Crippen molar-refractivity contribution in [2.24, 2.45) is 5.73 Å². The molecular formula is C19H20N4O2S. The van der Waals surface area contributed by atoms with E-state index in [1.54, 1.807) is 17.0 Å². The fourth-order valence-corrected chi connectivity index (χ4v) is 4.63. The van der Waals surface area contributed by atoms with Crippen LogP contribution in [0.3, 0.4) is 0 Å². The van der Waals surface area contributed by atoms with Gasteiger partial charge in [0.2, 0.25) is 5.91 Å². The number of carbonyl (C=O) groups excluding carboxylic acids is 2. The lowest BCUT2D eigenvalue weighted by Gasteiger charge is -2.32. The van der Waals surface area contributed by atoms with Gasteiger partial charge in [0, 0.05) is 36.1 Å². The van der Waals surface area contributed by atoms with E-state index in [4.69, 9.17) is 5.73 Å². The molecule has 0 bridgehead atoms. The summed E-state index contributed by atoms with van der Waals surface area (Å²) in [5, 5.41) is 1.10. The number of rotatable bonds is 4. The van der Waals surface area contributed by atoms with Crippen molar-refractivity contribution in [1.29, 1.82) is 0 Å². The molecule has 0 radical (unpaired) electrons. The Morgan fingerprint density at radius 2 is 2.15 bits per heavy atom. The largest absolute Gasteiger partial charge is 0.368 e. The molecule has 1 aromatic carbocycles. The molecule has 0 spiro atoms. The number of nitrogens with zero attached hydrogens (tertiary/aromatic N) is 3. The van der Waals surface area contributed by atoms with Crippen LogP contribution in [0.5, 0.6) is 0 Å². The van der Waals surface area contributed by atoms with Crippen molar-refractivity contribution < 1.29 is 9.59 Å². The quantitative estimate of drug-likeness (QED) is 0.768. The number of amides is 2. The van der Waals surface area contributed by atoms with Crippen molar-refractivity contribution in [3.63, 3.8) is 0 Å². The molecule has 2 N–H and O–H groups in total. The van der Waals surface area contributed by atoms with E-state index >= 15 is 0 Å². The van der Waals surface area contributed by atoms with Gasteiger partial charge in [-0.1, -0.05) is 18.2 Å². The Labute approximate surface area is 155 Å². The van der Waals surface area contributed by atoms with Gasteiger partial charge in [-0.2, -0.15) is 0 Å². The van der Waals surface area contributed by atoms with Crippen LogP contribution in [0.15, 0.2) is 42.7 Å². The van der Waals surface area contributed by atoms with E-state index in [1.165, 1.54) is 11.3 Å². The van der Waals surface area contributed by atoms with Gasteiger partial charge in [-0.25, -0.2) is 4.98 Å². The summed E-state index contributed by atoms with van der Waals surface area (Å²) in [6.45, 7) is 1.49. The van der Waals surface area contributed by atoms with E-state index in [0.717, 1.165) is 40.2 Å². The molecule has 134 valence electrons. The van der Waals surface area contributed by atoms with E-state index in [-0.39, 0.29) is 18.4 Å². The first-order valence-corrected chi connectivity index (χ1v) is 9.50. The smallest absolute Gasteiger partial charge is 0.263 e. The third kappa shape index (κ3) is 3.22. The standard InChI is InChI=1S/C19H20N4O2S/c20-17(24)12-22-9-7-21-18(22)14-5-3-8-23(11-14)19(25)16-10-13-4-1-2-6-15(13)26-16/h1-2,4,6-7,9-10,14H,3,5,8,11-12H2,(H2,20,24)/t14-/m1/s1.